The third-order valence-corrected chi connectivity index (χ3v) is 3.07. The lowest BCUT2D eigenvalue weighted by atomic mass is 10.4. The van der Waals surface area contributed by atoms with Gasteiger partial charge in [-0.25, -0.2) is 0 Å². The number of hydrogen-bond acceptors (Lipinski definition) is 3. The minimum absolute atomic E-state index is 0.787. The van der Waals surface area contributed by atoms with Gasteiger partial charge in [-0.2, -0.15) is 0 Å². The molecule has 5 heteroatoms. The Hall–Kier alpha value is -0.810. The fraction of sp³-hybridized carbons (Fsp3) is 0.933. The van der Waals surface area contributed by atoms with Crippen LogP contribution in [0.2, 0.25) is 0 Å². The summed E-state index contributed by atoms with van der Waals surface area (Å²) in [6.45, 7) is 10.0. The number of guanidine groups is 1. The smallest absolute Gasteiger partial charge is 0.191 e. The number of ether oxygens (including phenoxy) is 2. The average Bonchev–Trinajstić information content (AvgIpc) is 3.26. The van der Waals surface area contributed by atoms with E-state index in [9.17, 15) is 0 Å². The molecule has 1 aliphatic carbocycles. The van der Waals surface area contributed by atoms with Gasteiger partial charge in [0.25, 0.3) is 0 Å². The number of nitrogens with zero attached hydrogens (tertiary/aromatic N) is 1. The third-order valence-electron chi connectivity index (χ3n) is 3.07. The molecule has 118 valence electrons. The highest BCUT2D eigenvalue weighted by molar-refractivity contribution is 5.79. The normalized spacial score (nSPS) is 15.4. The molecule has 1 fully saturated rings. The van der Waals surface area contributed by atoms with Crippen molar-refractivity contribution in [2.45, 2.75) is 39.5 Å². The highest BCUT2D eigenvalue weighted by Gasteiger charge is 2.20. The van der Waals surface area contributed by atoms with Crippen LogP contribution in [0.25, 0.3) is 0 Å². The van der Waals surface area contributed by atoms with Crippen molar-refractivity contribution in [2.24, 2.45) is 10.9 Å². The molecule has 0 aromatic carbocycles. The largest absolute Gasteiger partial charge is 0.382 e. The fourth-order valence-electron chi connectivity index (χ4n) is 1.76. The van der Waals surface area contributed by atoms with E-state index in [1.54, 1.807) is 0 Å². The van der Waals surface area contributed by atoms with Crippen LogP contribution >= 0.6 is 0 Å². The van der Waals surface area contributed by atoms with Gasteiger partial charge in [-0.15, -0.1) is 0 Å². The minimum Gasteiger partial charge on any atom is -0.382 e. The Labute approximate surface area is 123 Å². The molecule has 0 heterocycles. The summed E-state index contributed by atoms with van der Waals surface area (Å²) >= 11 is 0. The Morgan fingerprint density at radius 2 is 1.90 bits per heavy atom. The van der Waals surface area contributed by atoms with E-state index in [-0.39, 0.29) is 0 Å². The predicted octanol–water partition coefficient (Wildman–Crippen LogP) is 1.78. The Kier molecular flexibility index (Phi) is 10.3. The summed E-state index contributed by atoms with van der Waals surface area (Å²) in [5.41, 5.74) is 0. The molecule has 0 saturated heterocycles. The second-order valence-corrected chi connectivity index (χ2v) is 5.11. The van der Waals surface area contributed by atoms with Gasteiger partial charge in [-0.05, 0) is 45.4 Å². The van der Waals surface area contributed by atoms with Crippen LogP contribution in [0.5, 0.6) is 0 Å². The molecule has 1 saturated carbocycles. The maximum atomic E-state index is 5.60. The van der Waals surface area contributed by atoms with E-state index < -0.39 is 0 Å². The first kappa shape index (κ1) is 17.2. The maximum absolute atomic E-state index is 5.60. The number of hydrogen-bond donors (Lipinski definition) is 2. The molecule has 0 amide bonds. The molecule has 0 spiro atoms. The lowest BCUT2D eigenvalue weighted by Gasteiger charge is -2.11. The second-order valence-electron chi connectivity index (χ2n) is 5.11. The van der Waals surface area contributed by atoms with Gasteiger partial charge in [0.2, 0.25) is 0 Å². The maximum Gasteiger partial charge on any atom is 0.191 e. The van der Waals surface area contributed by atoms with Gasteiger partial charge in [0.15, 0.2) is 5.96 Å². The molecule has 0 radical (unpaired) electrons. The van der Waals surface area contributed by atoms with Crippen molar-refractivity contribution in [3.63, 3.8) is 0 Å². The van der Waals surface area contributed by atoms with Crippen molar-refractivity contribution in [3.8, 4) is 0 Å². The monoisotopic (exact) mass is 285 g/mol. The Morgan fingerprint density at radius 1 is 1.10 bits per heavy atom. The highest BCUT2D eigenvalue weighted by Crippen LogP contribution is 2.28. The molecule has 0 bridgehead atoms. The van der Waals surface area contributed by atoms with Gasteiger partial charge in [0.1, 0.15) is 0 Å². The molecular weight excluding hydrogens is 254 g/mol. The Morgan fingerprint density at radius 3 is 2.60 bits per heavy atom. The zero-order valence-electron chi connectivity index (χ0n) is 13.1. The molecular formula is C15H31N3O2. The van der Waals surface area contributed by atoms with E-state index in [0.29, 0.717) is 0 Å². The van der Waals surface area contributed by atoms with Crippen LogP contribution < -0.4 is 10.6 Å². The average molecular weight is 285 g/mol. The van der Waals surface area contributed by atoms with Gasteiger partial charge in [0, 0.05) is 46.1 Å². The standard InChI is InChI=1S/C15H31N3O2/c1-3-16-15(17-9-5-11-19-4-2)18-10-6-12-20-13-14-7-8-14/h14H,3-13H2,1-2H3,(H2,16,17,18). The Balaban J connectivity index is 2.00. The van der Waals surface area contributed by atoms with Gasteiger partial charge < -0.3 is 20.1 Å². The van der Waals surface area contributed by atoms with Crippen molar-refractivity contribution >= 4 is 5.96 Å². The topological polar surface area (TPSA) is 54.9 Å². The van der Waals surface area contributed by atoms with Crippen molar-refractivity contribution in [1.29, 1.82) is 0 Å². The van der Waals surface area contributed by atoms with Crippen LogP contribution in [0.3, 0.4) is 0 Å². The molecule has 0 aliphatic heterocycles. The van der Waals surface area contributed by atoms with Gasteiger partial charge >= 0.3 is 0 Å². The van der Waals surface area contributed by atoms with E-state index in [2.05, 4.69) is 22.5 Å². The molecule has 0 atom stereocenters. The highest BCUT2D eigenvalue weighted by atomic mass is 16.5. The number of rotatable bonds is 12. The van der Waals surface area contributed by atoms with Crippen LogP contribution in [-0.4, -0.2) is 52.0 Å². The van der Waals surface area contributed by atoms with Crippen molar-refractivity contribution in [3.05, 3.63) is 0 Å². The molecule has 2 N–H and O–H groups in total. The lowest BCUT2D eigenvalue weighted by molar-refractivity contribution is 0.123. The summed E-state index contributed by atoms with van der Waals surface area (Å²) in [6.07, 6.45) is 4.70. The van der Waals surface area contributed by atoms with Crippen molar-refractivity contribution in [1.82, 2.24) is 10.6 Å². The van der Waals surface area contributed by atoms with Crippen LogP contribution in [0.15, 0.2) is 4.99 Å². The van der Waals surface area contributed by atoms with E-state index in [1.807, 2.05) is 6.92 Å². The molecule has 20 heavy (non-hydrogen) atoms. The predicted molar refractivity (Wildman–Crippen MR) is 83.3 cm³/mol. The Bertz CT molecular complexity index is 256. The summed E-state index contributed by atoms with van der Waals surface area (Å²) in [5.74, 6) is 1.74. The SMILES string of the molecule is CCNC(=NCCCOCC1CC1)NCCCOCC. The molecule has 1 aliphatic rings. The third kappa shape index (κ3) is 10.0. The van der Waals surface area contributed by atoms with Crippen molar-refractivity contribution in [2.75, 3.05) is 46.1 Å². The van der Waals surface area contributed by atoms with Crippen LogP contribution in [0.1, 0.15) is 39.5 Å². The summed E-state index contributed by atoms with van der Waals surface area (Å²) in [4.78, 5) is 4.54. The quantitative estimate of drug-likeness (QED) is 0.326. The molecule has 1 rings (SSSR count). The summed E-state index contributed by atoms with van der Waals surface area (Å²) in [6, 6.07) is 0. The first-order valence-corrected chi connectivity index (χ1v) is 8.04. The molecule has 0 aromatic rings. The molecule has 5 nitrogen and oxygen atoms in total. The zero-order valence-corrected chi connectivity index (χ0v) is 13.1. The minimum atomic E-state index is 0.787. The first-order chi connectivity index (χ1) is 9.86. The summed E-state index contributed by atoms with van der Waals surface area (Å²) in [5, 5.41) is 6.57. The molecule has 0 aromatic heterocycles. The van der Waals surface area contributed by atoms with Gasteiger partial charge in [-0.1, -0.05) is 0 Å². The van der Waals surface area contributed by atoms with E-state index in [1.165, 1.54) is 12.8 Å². The van der Waals surface area contributed by atoms with Crippen LogP contribution in [0.4, 0.5) is 0 Å². The summed E-state index contributed by atoms with van der Waals surface area (Å²) < 4.78 is 10.9. The van der Waals surface area contributed by atoms with E-state index in [0.717, 1.165) is 70.8 Å². The summed E-state index contributed by atoms with van der Waals surface area (Å²) in [7, 11) is 0. The zero-order chi connectivity index (χ0) is 14.5. The van der Waals surface area contributed by atoms with Crippen LogP contribution in [0, 0.1) is 5.92 Å². The lowest BCUT2D eigenvalue weighted by Crippen LogP contribution is -2.38. The number of nitrogens with one attached hydrogen (secondary N) is 2. The van der Waals surface area contributed by atoms with Gasteiger partial charge in [0.05, 0.1) is 0 Å². The molecule has 0 unspecified atom stereocenters. The van der Waals surface area contributed by atoms with Crippen molar-refractivity contribution < 1.29 is 9.47 Å². The van der Waals surface area contributed by atoms with Crippen LogP contribution in [-0.2, 0) is 9.47 Å². The van der Waals surface area contributed by atoms with E-state index in [4.69, 9.17) is 9.47 Å². The second kappa shape index (κ2) is 12.0. The fourth-order valence-corrected chi connectivity index (χ4v) is 1.76. The van der Waals surface area contributed by atoms with E-state index >= 15 is 0 Å². The first-order valence-electron chi connectivity index (χ1n) is 8.04. The van der Waals surface area contributed by atoms with Gasteiger partial charge in [-0.3, -0.25) is 4.99 Å². The number of aliphatic imine (C=N–C) groups is 1.